The molecule has 1 unspecified atom stereocenters. The van der Waals surface area contributed by atoms with E-state index < -0.39 is 5.97 Å². The second kappa shape index (κ2) is 5.09. The van der Waals surface area contributed by atoms with Gasteiger partial charge in [0.15, 0.2) is 0 Å². The molecule has 4 heteroatoms. The van der Waals surface area contributed by atoms with Crippen molar-refractivity contribution in [2.75, 3.05) is 0 Å². The first-order valence-corrected chi connectivity index (χ1v) is 5.56. The lowest BCUT2D eigenvalue weighted by Gasteiger charge is -2.00. The van der Waals surface area contributed by atoms with Gasteiger partial charge in [-0.1, -0.05) is 0 Å². The fraction of sp³-hybridized carbons (Fsp3) is 0.364. The molecule has 1 heterocycles. The molecule has 0 aliphatic heterocycles. The molecule has 3 N–H and O–H groups in total. The summed E-state index contributed by atoms with van der Waals surface area (Å²) in [6.45, 7) is 3.76. The lowest BCUT2D eigenvalue weighted by atomic mass is 10.2. The second-order valence-corrected chi connectivity index (χ2v) is 4.78. The Morgan fingerprint density at radius 2 is 2.33 bits per heavy atom. The van der Waals surface area contributed by atoms with Crippen LogP contribution in [0.1, 0.15) is 23.6 Å². The van der Waals surface area contributed by atoms with Gasteiger partial charge in [-0.3, -0.25) is 0 Å². The molecule has 82 valence electrons. The Morgan fingerprint density at radius 1 is 1.67 bits per heavy atom. The van der Waals surface area contributed by atoms with Crippen LogP contribution in [0.4, 0.5) is 0 Å². The zero-order valence-electron chi connectivity index (χ0n) is 8.86. The molecule has 1 rings (SSSR count). The highest BCUT2D eigenvalue weighted by atomic mass is 32.1. The van der Waals surface area contributed by atoms with Gasteiger partial charge in [0.05, 0.1) is 0 Å². The maximum absolute atomic E-state index is 10.5. The van der Waals surface area contributed by atoms with Gasteiger partial charge >= 0.3 is 5.97 Å². The van der Waals surface area contributed by atoms with Crippen LogP contribution in [-0.2, 0) is 11.2 Å². The Morgan fingerprint density at radius 3 is 2.87 bits per heavy atom. The van der Waals surface area contributed by atoms with Crippen molar-refractivity contribution in [3.8, 4) is 0 Å². The molecule has 0 aromatic carbocycles. The van der Waals surface area contributed by atoms with Gasteiger partial charge in [-0.25, -0.2) is 4.79 Å². The zero-order chi connectivity index (χ0) is 11.4. The van der Waals surface area contributed by atoms with Crippen LogP contribution in [0.2, 0.25) is 0 Å². The third kappa shape index (κ3) is 3.85. The van der Waals surface area contributed by atoms with Crippen LogP contribution >= 0.6 is 11.3 Å². The van der Waals surface area contributed by atoms with Gasteiger partial charge in [-0.15, -0.1) is 11.3 Å². The van der Waals surface area contributed by atoms with E-state index >= 15 is 0 Å². The maximum Gasteiger partial charge on any atom is 0.328 e. The average molecular weight is 225 g/mol. The third-order valence-corrected chi connectivity index (χ3v) is 3.16. The predicted molar refractivity (Wildman–Crippen MR) is 63.0 cm³/mol. The Kier molecular flexibility index (Phi) is 4.05. The number of allylic oxidation sites excluding steroid dienone is 1. The topological polar surface area (TPSA) is 63.3 Å². The standard InChI is InChI=1S/C11H15NO2S/c1-7(5-11(13)14)10-4-3-9(15-10)6-8(2)12/h3-5,8H,6,12H2,1-2H3,(H,13,14)/b7-5+. The molecule has 0 saturated carbocycles. The number of aliphatic carboxylic acids is 1. The van der Waals surface area contributed by atoms with E-state index in [0.29, 0.717) is 0 Å². The summed E-state index contributed by atoms with van der Waals surface area (Å²) in [5, 5.41) is 8.61. The van der Waals surface area contributed by atoms with Gasteiger partial charge in [0, 0.05) is 21.9 Å². The quantitative estimate of drug-likeness (QED) is 0.771. The molecule has 0 aliphatic rings. The smallest absolute Gasteiger partial charge is 0.328 e. The van der Waals surface area contributed by atoms with E-state index in [1.807, 2.05) is 19.1 Å². The van der Waals surface area contributed by atoms with E-state index in [2.05, 4.69) is 0 Å². The highest BCUT2D eigenvalue weighted by Gasteiger charge is 2.05. The molecule has 3 nitrogen and oxygen atoms in total. The lowest BCUT2D eigenvalue weighted by Crippen LogP contribution is -2.16. The van der Waals surface area contributed by atoms with Crippen molar-refractivity contribution in [1.82, 2.24) is 0 Å². The number of thiophene rings is 1. The van der Waals surface area contributed by atoms with Crippen molar-refractivity contribution in [2.24, 2.45) is 5.73 Å². The van der Waals surface area contributed by atoms with Crippen LogP contribution in [0, 0.1) is 0 Å². The lowest BCUT2D eigenvalue weighted by molar-refractivity contribution is -0.131. The Balaban J connectivity index is 2.80. The van der Waals surface area contributed by atoms with Gasteiger partial charge in [0.2, 0.25) is 0 Å². The van der Waals surface area contributed by atoms with E-state index in [1.54, 1.807) is 18.3 Å². The zero-order valence-corrected chi connectivity index (χ0v) is 9.67. The van der Waals surface area contributed by atoms with Crippen LogP contribution in [0.3, 0.4) is 0 Å². The van der Waals surface area contributed by atoms with Crippen molar-refractivity contribution < 1.29 is 9.90 Å². The van der Waals surface area contributed by atoms with Gasteiger partial charge in [-0.05, 0) is 38.0 Å². The normalized spacial score (nSPS) is 13.9. The Hall–Kier alpha value is -1.13. The Labute approximate surface area is 93.2 Å². The van der Waals surface area contributed by atoms with E-state index in [0.717, 1.165) is 16.9 Å². The van der Waals surface area contributed by atoms with Crippen molar-refractivity contribution in [2.45, 2.75) is 26.3 Å². The van der Waals surface area contributed by atoms with E-state index in [9.17, 15) is 4.79 Å². The van der Waals surface area contributed by atoms with E-state index in [4.69, 9.17) is 10.8 Å². The fourth-order valence-corrected chi connectivity index (χ4v) is 2.39. The highest BCUT2D eigenvalue weighted by Crippen LogP contribution is 2.24. The molecule has 0 fully saturated rings. The summed E-state index contributed by atoms with van der Waals surface area (Å²) in [7, 11) is 0. The minimum absolute atomic E-state index is 0.139. The number of carboxylic acids is 1. The number of hydrogen-bond donors (Lipinski definition) is 2. The molecule has 0 bridgehead atoms. The second-order valence-electron chi connectivity index (χ2n) is 3.61. The SMILES string of the molecule is C/C(=C\C(=O)O)c1ccc(CC(C)N)s1. The number of carbonyl (C=O) groups is 1. The molecule has 0 radical (unpaired) electrons. The van der Waals surface area contributed by atoms with Crippen molar-refractivity contribution in [3.63, 3.8) is 0 Å². The van der Waals surface area contributed by atoms with Gasteiger partial charge < -0.3 is 10.8 Å². The first-order chi connectivity index (χ1) is 6.99. The summed E-state index contributed by atoms with van der Waals surface area (Å²) in [6, 6.07) is 4.08. The van der Waals surface area contributed by atoms with Crippen molar-refractivity contribution >= 4 is 22.9 Å². The predicted octanol–water partition coefficient (Wildman–Crippen LogP) is 2.13. The summed E-state index contributed by atoms with van der Waals surface area (Å²) in [6.07, 6.45) is 2.06. The van der Waals surface area contributed by atoms with Crippen LogP contribution in [0.5, 0.6) is 0 Å². The van der Waals surface area contributed by atoms with E-state index in [-0.39, 0.29) is 6.04 Å². The molecule has 0 aliphatic carbocycles. The molecule has 1 aromatic heterocycles. The highest BCUT2D eigenvalue weighted by molar-refractivity contribution is 7.13. The molecular formula is C11H15NO2S. The van der Waals surface area contributed by atoms with Gasteiger partial charge in [-0.2, -0.15) is 0 Å². The van der Waals surface area contributed by atoms with Gasteiger partial charge in [0.1, 0.15) is 0 Å². The summed E-state index contributed by atoms with van der Waals surface area (Å²) in [5.74, 6) is -0.908. The maximum atomic E-state index is 10.5. The first kappa shape index (κ1) is 11.9. The summed E-state index contributed by atoms with van der Waals surface area (Å²) < 4.78 is 0. The minimum Gasteiger partial charge on any atom is -0.478 e. The van der Waals surface area contributed by atoms with Crippen molar-refractivity contribution in [3.05, 3.63) is 28.0 Å². The molecule has 1 atom stereocenters. The summed E-state index contributed by atoms with van der Waals surface area (Å²) >= 11 is 1.60. The van der Waals surface area contributed by atoms with Crippen LogP contribution in [0.25, 0.3) is 5.57 Å². The fourth-order valence-electron chi connectivity index (χ4n) is 1.27. The molecule has 15 heavy (non-hydrogen) atoms. The largest absolute Gasteiger partial charge is 0.478 e. The van der Waals surface area contributed by atoms with Crippen molar-refractivity contribution in [1.29, 1.82) is 0 Å². The average Bonchev–Trinajstić information content (AvgIpc) is 2.50. The summed E-state index contributed by atoms with van der Waals surface area (Å²) in [4.78, 5) is 12.7. The number of nitrogens with two attached hydrogens (primary N) is 1. The minimum atomic E-state index is -0.908. The molecule has 1 aromatic rings. The molecular weight excluding hydrogens is 210 g/mol. The van der Waals surface area contributed by atoms with Gasteiger partial charge in [0.25, 0.3) is 0 Å². The first-order valence-electron chi connectivity index (χ1n) is 4.75. The number of carboxylic acid groups (broad SMARTS) is 1. The Bertz CT molecular complexity index is 380. The third-order valence-electron chi connectivity index (χ3n) is 1.91. The summed E-state index contributed by atoms with van der Waals surface area (Å²) in [5.41, 5.74) is 6.47. The monoisotopic (exact) mass is 225 g/mol. The molecule has 0 spiro atoms. The molecule has 0 saturated heterocycles. The number of hydrogen-bond acceptors (Lipinski definition) is 3. The van der Waals surface area contributed by atoms with Crippen LogP contribution < -0.4 is 5.73 Å². The van der Waals surface area contributed by atoms with Crippen LogP contribution in [-0.4, -0.2) is 17.1 Å². The van der Waals surface area contributed by atoms with E-state index in [1.165, 1.54) is 11.0 Å². The molecule has 0 amide bonds. The van der Waals surface area contributed by atoms with Crippen LogP contribution in [0.15, 0.2) is 18.2 Å². The number of rotatable bonds is 4.